The van der Waals surface area contributed by atoms with Gasteiger partial charge in [-0.25, -0.2) is 0 Å². The molecule has 4 N–H and O–H groups in total. The summed E-state index contributed by atoms with van der Waals surface area (Å²) in [7, 11) is 0. The summed E-state index contributed by atoms with van der Waals surface area (Å²) >= 11 is 1.45. The highest BCUT2D eigenvalue weighted by atomic mass is 79.9. The second-order valence-electron chi connectivity index (χ2n) is 8.04. The van der Waals surface area contributed by atoms with Crippen LogP contribution in [0.1, 0.15) is 70.3 Å². The van der Waals surface area contributed by atoms with Gasteiger partial charge in [0.05, 0.1) is 18.0 Å². The standard InChI is InChI=1S/C26H38N4OS.BrH/c1-2-3-4-5-6-7-8-9-11-22-12-14-23(15-13-22)29-30-24-16-18-25(19-17-24)31-20-10-21-32-26(27)28;/h12-19H,2-11,20-21H2,1H3,(H3,27,28);1H. The van der Waals surface area contributed by atoms with E-state index in [9.17, 15) is 0 Å². The largest absolute Gasteiger partial charge is 1.00 e. The molecule has 0 aromatic heterocycles. The third-order valence-corrected chi connectivity index (χ3v) is 6.03. The first kappa shape index (κ1) is 29.2. The predicted octanol–water partition coefficient (Wildman–Crippen LogP) is 3.37. The molecule has 0 bridgehead atoms. The quantitative estimate of drug-likeness (QED) is 0.150. The summed E-state index contributed by atoms with van der Waals surface area (Å²) in [5, 5.41) is 14.5. The van der Waals surface area contributed by atoms with Crippen molar-refractivity contribution in [2.45, 2.75) is 71.1 Å². The molecule has 0 amide bonds. The van der Waals surface area contributed by atoms with Crippen LogP contribution in [0.2, 0.25) is 0 Å². The topological polar surface area (TPSA) is 85.6 Å². The fourth-order valence-electron chi connectivity index (χ4n) is 3.36. The maximum Gasteiger partial charge on any atom is 0.299 e. The molecule has 0 saturated carbocycles. The molecule has 0 unspecified atom stereocenters. The van der Waals surface area contributed by atoms with Crippen molar-refractivity contribution < 1.29 is 27.1 Å². The summed E-state index contributed by atoms with van der Waals surface area (Å²) in [5.74, 6) is 1.68. The zero-order valence-electron chi connectivity index (χ0n) is 19.8. The van der Waals surface area contributed by atoms with Crippen molar-refractivity contribution in [1.82, 2.24) is 0 Å². The summed E-state index contributed by atoms with van der Waals surface area (Å²) in [5.41, 5.74) is 8.48. The van der Waals surface area contributed by atoms with Gasteiger partial charge in [-0.3, -0.25) is 11.1 Å². The van der Waals surface area contributed by atoms with E-state index in [1.54, 1.807) is 0 Å². The van der Waals surface area contributed by atoms with Crippen LogP contribution in [-0.4, -0.2) is 17.5 Å². The van der Waals surface area contributed by atoms with Gasteiger partial charge in [0.15, 0.2) is 0 Å². The van der Waals surface area contributed by atoms with Crippen LogP contribution >= 0.6 is 11.8 Å². The van der Waals surface area contributed by atoms with Crippen LogP contribution in [0.15, 0.2) is 58.8 Å². The molecule has 5 nitrogen and oxygen atoms in total. The monoisotopic (exact) mass is 534 g/mol. The van der Waals surface area contributed by atoms with Gasteiger partial charge >= 0.3 is 0 Å². The molecule has 0 heterocycles. The van der Waals surface area contributed by atoms with Crippen LogP contribution in [-0.2, 0) is 6.42 Å². The number of rotatable bonds is 16. The Bertz CT molecular complexity index is 797. The van der Waals surface area contributed by atoms with Crippen molar-refractivity contribution in [3.05, 3.63) is 54.1 Å². The zero-order chi connectivity index (χ0) is 22.9. The van der Waals surface area contributed by atoms with E-state index < -0.39 is 0 Å². The van der Waals surface area contributed by atoms with Gasteiger partial charge in [0.1, 0.15) is 5.75 Å². The third kappa shape index (κ3) is 14.1. The van der Waals surface area contributed by atoms with E-state index >= 15 is 0 Å². The predicted molar refractivity (Wildman–Crippen MR) is 137 cm³/mol. The summed E-state index contributed by atoms with van der Waals surface area (Å²) < 4.78 is 5.71. The first-order valence-corrected chi connectivity index (χ1v) is 12.9. The summed E-state index contributed by atoms with van der Waals surface area (Å²) in [4.78, 5) is 0. The maximum atomic E-state index is 5.71. The lowest BCUT2D eigenvalue weighted by molar-refractivity contribution is -0.110. The molecule has 0 atom stereocenters. The van der Waals surface area contributed by atoms with E-state index in [-0.39, 0.29) is 17.0 Å². The van der Waals surface area contributed by atoms with Crippen LogP contribution < -0.4 is 32.9 Å². The van der Waals surface area contributed by atoms with E-state index in [0.29, 0.717) is 11.8 Å². The Hall–Kier alpha value is -1.86. The molecule has 0 saturated heterocycles. The van der Waals surface area contributed by atoms with Crippen LogP contribution in [0.4, 0.5) is 11.4 Å². The summed E-state index contributed by atoms with van der Waals surface area (Å²) in [6.07, 6.45) is 12.9. The first-order chi connectivity index (χ1) is 15.7. The van der Waals surface area contributed by atoms with E-state index in [0.717, 1.165) is 35.7 Å². The minimum atomic E-state index is 0. The third-order valence-electron chi connectivity index (χ3n) is 5.20. The van der Waals surface area contributed by atoms with Gasteiger partial charge < -0.3 is 21.7 Å². The van der Waals surface area contributed by atoms with Crippen molar-refractivity contribution in [3.8, 4) is 5.75 Å². The molecule has 0 spiro atoms. The molecule has 0 aliphatic rings. The van der Waals surface area contributed by atoms with Gasteiger partial charge in [-0.05, 0) is 73.0 Å². The number of hydrogen-bond donors (Lipinski definition) is 2. The molecule has 0 fully saturated rings. The zero-order valence-corrected chi connectivity index (χ0v) is 22.3. The smallest absolute Gasteiger partial charge is 0.299 e. The van der Waals surface area contributed by atoms with Gasteiger partial charge in [0.2, 0.25) is 0 Å². The average Bonchev–Trinajstić information content (AvgIpc) is 2.80. The second-order valence-corrected chi connectivity index (χ2v) is 9.21. The Morgan fingerprint density at radius 3 is 1.94 bits per heavy atom. The Morgan fingerprint density at radius 1 is 0.818 bits per heavy atom. The highest BCUT2D eigenvalue weighted by Crippen LogP contribution is 2.22. The molecule has 0 aliphatic carbocycles. The molecule has 2 aromatic rings. The van der Waals surface area contributed by atoms with Crippen LogP contribution in [0.25, 0.3) is 0 Å². The van der Waals surface area contributed by atoms with Gasteiger partial charge in [0, 0.05) is 5.75 Å². The normalized spacial score (nSPS) is 10.8. The number of azo groups is 1. The number of amidine groups is 1. The highest BCUT2D eigenvalue weighted by Gasteiger charge is 1.99. The van der Waals surface area contributed by atoms with Gasteiger partial charge in [-0.2, -0.15) is 10.2 Å². The summed E-state index contributed by atoms with van der Waals surface area (Å²) in [6, 6.07) is 16.1. The Kier molecular flexibility index (Phi) is 16.4. The van der Waals surface area contributed by atoms with Gasteiger partial charge in [0.25, 0.3) is 5.17 Å². The number of hydrogen-bond acceptors (Lipinski definition) is 4. The molecular formula is C26H39BrN4OS. The van der Waals surface area contributed by atoms with Crippen molar-refractivity contribution in [1.29, 1.82) is 0 Å². The SMILES string of the molecule is CCCCCCCCCCc1ccc(N=Nc2ccc(OCCCSC(N)=[NH2+])cc2)cc1.[Br-]. The molecule has 2 aromatic carbocycles. The summed E-state index contributed by atoms with van der Waals surface area (Å²) in [6.45, 7) is 2.90. The van der Waals surface area contributed by atoms with Gasteiger partial charge in [-0.15, -0.1) is 0 Å². The minimum Gasteiger partial charge on any atom is -1.00 e. The fourth-order valence-corrected chi connectivity index (χ4v) is 3.85. The number of ether oxygens (including phenoxy) is 1. The van der Waals surface area contributed by atoms with E-state index in [1.807, 2.05) is 36.4 Å². The molecule has 0 aliphatic heterocycles. The van der Waals surface area contributed by atoms with Crippen LogP contribution in [0.3, 0.4) is 0 Å². The maximum absolute atomic E-state index is 5.71. The number of thioether (sulfide) groups is 1. The fraction of sp³-hybridized carbons (Fsp3) is 0.500. The molecule has 0 radical (unpaired) electrons. The molecule has 182 valence electrons. The lowest BCUT2D eigenvalue weighted by atomic mass is 10.0. The molecular weight excluding hydrogens is 496 g/mol. The first-order valence-electron chi connectivity index (χ1n) is 11.9. The number of aryl methyl sites for hydroxylation is 1. The average molecular weight is 536 g/mol. The Labute approximate surface area is 214 Å². The van der Waals surface area contributed by atoms with Crippen molar-refractivity contribution in [2.75, 3.05) is 12.4 Å². The Balaban J connectivity index is 0.00000544. The van der Waals surface area contributed by atoms with Crippen molar-refractivity contribution in [3.63, 3.8) is 0 Å². The highest BCUT2D eigenvalue weighted by molar-refractivity contribution is 8.13. The lowest BCUT2D eigenvalue weighted by Crippen LogP contribution is -3.00. The van der Waals surface area contributed by atoms with Crippen LogP contribution in [0, 0.1) is 0 Å². The van der Waals surface area contributed by atoms with Gasteiger partial charge in [-0.1, -0.05) is 64.0 Å². The molecule has 33 heavy (non-hydrogen) atoms. The number of benzene rings is 2. The van der Waals surface area contributed by atoms with Crippen LogP contribution in [0.5, 0.6) is 5.75 Å². The lowest BCUT2D eigenvalue weighted by Gasteiger charge is -2.05. The number of nitrogens with zero attached hydrogens (tertiary/aromatic N) is 2. The molecule has 2 rings (SSSR count). The molecule has 7 heteroatoms. The van der Waals surface area contributed by atoms with Crippen molar-refractivity contribution >= 4 is 28.3 Å². The van der Waals surface area contributed by atoms with Crippen molar-refractivity contribution in [2.24, 2.45) is 16.0 Å². The Morgan fingerprint density at radius 2 is 1.36 bits per heavy atom. The number of nitrogens with two attached hydrogens (primary N) is 2. The number of halogens is 1. The number of unbranched alkanes of at least 4 members (excludes halogenated alkanes) is 7. The second kappa shape index (κ2) is 18.6. The van der Waals surface area contributed by atoms with E-state index in [1.165, 1.54) is 68.7 Å². The van der Waals surface area contributed by atoms with E-state index in [2.05, 4.69) is 29.3 Å². The minimum absolute atomic E-state index is 0. The van der Waals surface area contributed by atoms with E-state index in [4.69, 9.17) is 15.9 Å².